The lowest BCUT2D eigenvalue weighted by Gasteiger charge is -2.11. The Hall–Kier alpha value is -0.840. The third kappa shape index (κ3) is 4.03. The van der Waals surface area contributed by atoms with Crippen LogP contribution in [0.4, 0.5) is 8.78 Å². The van der Waals surface area contributed by atoms with E-state index in [1.54, 1.807) is 0 Å². The van der Waals surface area contributed by atoms with Crippen molar-refractivity contribution in [3.05, 3.63) is 22.7 Å². The summed E-state index contributed by atoms with van der Waals surface area (Å²) in [5.74, 6) is 0.708. The van der Waals surface area contributed by atoms with Crippen LogP contribution in [0.3, 0.4) is 0 Å². The van der Waals surface area contributed by atoms with Gasteiger partial charge in [-0.15, -0.1) is 0 Å². The predicted octanol–water partition coefficient (Wildman–Crippen LogP) is 3.84. The van der Waals surface area contributed by atoms with Gasteiger partial charge in [-0.3, -0.25) is 0 Å². The van der Waals surface area contributed by atoms with Crippen LogP contribution in [0, 0.1) is 0 Å². The highest BCUT2D eigenvalue weighted by atomic mass is 79.9. The minimum Gasteiger partial charge on any atom is -0.461 e. The SMILES string of the molecule is CC(F)Oc1ccc(OC(C)F)c(Br)c1. The highest BCUT2D eigenvalue weighted by molar-refractivity contribution is 9.10. The van der Waals surface area contributed by atoms with Crippen molar-refractivity contribution < 1.29 is 18.3 Å². The molecule has 2 atom stereocenters. The van der Waals surface area contributed by atoms with Crippen molar-refractivity contribution in [2.45, 2.75) is 26.6 Å². The molecule has 0 N–H and O–H groups in total. The molecule has 0 aliphatic rings. The van der Waals surface area contributed by atoms with Crippen LogP contribution >= 0.6 is 15.9 Å². The zero-order valence-corrected chi connectivity index (χ0v) is 9.92. The van der Waals surface area contributed by atoms with E-state index in [0.717, 1.165) is 0 Å². The minimum absolute atomic E-state index is 0.351. The Balaban J connectivity index is 2.78. The predicted molar refractivity (Wildman–Crippen MR) is 56.5 cm³/mol. The third-order valence-electron chi connectivity index (χ3n) is 1.49. The second kappa shape index (κ2) is 5.30. The molecule has 0 saturated heterocycles. The Kier molecular flexibility index (Phi) is 4.32. The fourth-order valence-electron chi connectivity index (χ4n) is 1.01. The Morgan fingerprint density at radius 1 is 1.13 bits per heavy atom. The summed E-state index contributed by atoms with van der Waals surface area (Å²) in [4.78, 5) is 0. The first-order chi connectivity index (χ1) is 6.99. The summed E-state index contributed by atoms with van der Waals surface area (Å²) in [6.07, 6.45) is -2.78. The van der Waals surface area contributed by atoms with Gasteiger partial charge < -0.3 is 9.47 Å². The molecule has 2 nitrogen and oxygen atoms in total. The average Bonchev–Trinajstić information content (AvgIpc) is 2.08. The molecule has 0 radical (unpaired) electrons. The molecule has 84 valence electrons. The quantitative estimate of drug-likeness (QED) is 0.834. The van der Waals surface area contributed by atoms with Gasteiger partial charge in [0, 0.05) is 13.8 Å². The minimum atomic E-state index is -1.40. The summed E-state index contributed by atoms with van der Waals surface area (Å²) in [6, 6.07) is 4.55. The highest BCUT2D eigenvalue weighted by Crippen LogP contribution is 2.30. The van der Waals surface area contributed by atoms with E-state index in [-0.39, 0.29) is 0 Å². The topological polar surface area (TPSA) is 18.5 Å². The van der Waals surface area contributed by atoms with Gasteiger partial charge in [-0.2, -0.15) is 0 Å². The van der Waals surface area contributed by atoms with Gasteiger partial charge in [-0.05, 0) is 34.1 Å². The zero-order chi connectivity index (χ0) is 11.4. The molecule has 1 aromatic carbocycles. The van der Waals surface area contributed by atoms with Crippen molar-refractivity contribution in [3.8, 4) is 11.5 Å². The summed E-state index contributed by atoms with van der Waals surface area (Å²) < 4.78 is 35.2. The van der Waals surface area contributed by atoms with Gasteiger partial charge in [0.15, 0.2) is 0 Å². The van der Waals surface area contributed by atoms with Gasteiger partial charge in [0.2, 0.25) is 12.7 Å². The molecule has 0 spiro atoms. The molecule has 2 unspecified atom stereocenters. The summed E-state index contributed by atoms with van der Waals surface area (Å²) >= 11 is 3.17. The number of hydrogen-bond acceptors (Lipinski definition) is 2. The van der Waals surface area contributed by atoms with Crippen LogP contribution in [-0.2, 0) is 0 Å². The molecule has 0 saturated carbocycles. The summed E-state index contributed by atoms with van der Waals surface area (Å²) in [6.45, 7) is 2.56. The van der Waals surface area contributed by atoms with Crippen molar-refractivity contribution in [3.63, 3.8) is 0 Å². The summed E-state index contributed by atoms with van der Waals surface area (Å²) in [5.41, 5.74) is 0. The molecule has 0 bridgehead atoms. The van der Waals surface area contributed by atoms with Crippen molar-refractivity contribution in [1.82, 2.24) is 0 Å². The van der Waals surface area contributed by atoms with Gasteiger partial charge >= 0.3 is 0 Å². The lowest BCUT2D eigenvalue weighted by molar-refractivity contribution is 0.0809. The molecule has 0 heterocycles. The lowest BCUT2D eigenvalue weighted by atomic mass is 10.3. The van der Waals surface area contributed by atoms with E-state index in [4.69, 9.17) is 9.47 Å². The smallest absolute Gasteiger partial charge is 0.235 e. The second-order valence-corrected chi connectivity index (χ2v) is 3.77. The fourth-order valence-corrected chi connectivity index (χ4v) is 1.46. The van der Waals surface area contributed by atoms with Crippen molar-refractivity contribution in [2.75, 3.05) is 0 Å². The molecule has 0 amide bonds. The van der Waals surface area contributed by atoms with Gasteiger partial charge in [0.1, 0.15) is 11.5 Å². The molecule has 1 aromatic rings. The third-order valence-corrected chi connectivity index (χ3v) is 2.11. The van der Waals surface area contributed by atoms with Crippen LogP contribution in [0.2, 0.25) is 0 Å². The Labute approximate surface area is 95.3 Å². The molecular weight excluding hydrogens is 270 g/mol. The van der Waals surface area contributed by atoms with E-state index in [2.05, 4.69) is 15.9 Å². The monoisotopic (exact) mass is 280 g/mol. The molecule has 0 aliphatic heterocycles. The molecule has 0 aromatic heterocycles. The summed E-state index contributed by atoms with van der Waals surface area (Å²) in [7, 11) is 0. The van der Waals surface area contributed by atoms with Crippen LogP contribution < -0.4 is 9.47 Å². The molecule has 15 heavy (non-hydrogen) atoms. The fraction of sp³-hybridized carbons (Fsp3) is 0.400. The second-order valence-electron chi connectivity index (χ2n) is 2.91. The summed E-state index contributed by atoms with van der Waals surface area (Å²) in [5, 5.41) is 0. The van der Waals surface area contributed by atoms with Crippen LogP contribution in [0.25, 0.3) is 0 Å². The van der Waals surface area contributed by atoms with E-state index in [9.17, 15) is 8.78 Å². The molecule has 5 heteroatoms. The van der Waals surface area contributed by atoms with Gasteiger partial charge in [-0.25, -0.2) is 8.78 Å². The molecule has 0 aliphatic carbocycles. The lowest BCUT2D eigenvalue weighted by Crippen LogP contribution is -2.06. The van der Waals surface area contributed by atoms with E-state index < -0.39 is 12.7 Å². The maximum Gasteiger partial charge on any atom is 0.235 e. The van der Waals surface area contributed by atoms with E-state index >= 15 is 0 Å². The Morgan fingerprint density at radius 3 is 2.20 bits per heavy atom. The van der Waals surface area contributed by atoms with Crippen LogP contribution in [0.15, 0.2) is 22.7 Å². The highest BCUT2D eigenvalue weighted by Gasteiger charge is 2.08. The first kappa shape index (κ1) is 12.2. The molecule has 1 rings (SSSR count). The largest absolute Gasteiger partial charge is 0.461 e. The van der Waals surface area contributed by atoms with Crippen LogP contribution in [0.1, 0.15) is 13.8 Å². The van der Waals surface area contributed by atoms with Gasteiger partial charge in [-0.1, -0.05) is 0 Å². The van der Waals surface area contributed by atoms with E-state index in [0.29, 0.717) is 16.0 Å². The first-order valence-electron chi connectivity index (χ1n) is 4.40. The van der Waals surface area contributed by atoms with Crippen molar-refractivity contribution in [2.24, 2.45) is 0 Å². The number of ether oxygens (including phenoxy) is 2. The normalized spacial score (nSPS) is 14.5. The maximum atomic E-state index is 12.5. The number of halogens is 3. The molecule has 0 fully saturated rings. The number of hydrogen-bond donors (Lipinski definition) is 0. The van der Waals surface area contributed by atoms with E-state index in [1.165, 1.54) is 32.0 Å². The average molecular weight is 281 g/mol. The number of rotatable bonds is 4. The Morgan fingerprint density at radius 2 is 1.73 bits per heavy atom. The van der Waals surface area contributed by atoms with Crippen molar-refractivity contribution in [1.29, 1.82) is 0 Å². The van der Waals surface area contributed by atoms with Gasteiger partial charge in [0.05, 0.1) is 4.47 Å². The zero-order valence-electron chi connectivity index (χ0n) is 8.34. The maximum absolute atomic E-state index is 12.5. The number of benzene rings is 1. The Bertz CT molecular complexity index is 329. The van der Waals surface area contributed by atoms with Crippen LogP contribution in [-0.4, -0.2) is 12.7 Å². The van der Waals surface area contributed by atoms with Gasteiger partial charge in [0.25, 0.3) is 0 Å². The number of alkyl halides is 2. The molecular formula is C10H11BrF2O2. The standard InChI is InChI=1S/C10H11BrF2O2/c1-6(12)14-8-3-4-10(9(11)5-8)15-7(2)13/h3-7H,1-2H3. The van der Waals surface area contributed by atoms with Crippen LogP contribution in [0.5, 0.6) is 11.5 Å². The van der Waals surface area contributed by atoms with Crippen molar-refractivity contribution >= 4 is 15.9 Å². The van der Waals surface area contributed by atoms with E-state index in [1.807, 2.05) is 0 Å². The first-order valence-corrected chi connectivity index (χ1v) is 5.19.